The Labute approximate surface area is 186 Å². The Morgan fingerprint density at radius 3 is 2.29 bits per heavy atom. The molecule has 4 rings (SSSR count). The van der Waals surface area contributed by atoms with Gasteiger partial charge in [0.05, 0.1) is 0 Å². The summed E-state index contributed by atoms with van der Waals surface area (Å²) in [6.07, 6.45) is 7.28. The summed E-state index contributed by atoms with van der Waals surface area (Å²) in [5.41, 5.74) is 2.46. The standard InChI is InChI=1S/C22H32N4O.HI/c1-23-22(26-15-19-5-2-3-6-20(19)16-26)24-13-17-8-10-18(11-9-17)14-25-12-4-7-21(25)27;/h8-11,19-20H,2-7,12-16H2,1H3,(H,23,24);1H. The number of aliphatic imine (C=N–C) groups is 1. The molecule has 3 aliphatic rings. The number of likely N-dealkylation sites (tertiary alicyclic amines) is 2. The summed E-state index contributed by atoms with van der Waals surface area (Å²) in [7, 11) is 1.89. The zero-order chi connectivity index (χ0) is 18.6. The van der Waals surface area contributed by atoms with Crippen molar-refractivity contribution in [2.75, 3.05) is 26.7 Å². The predicted molar refractivity (Wildman–Crippen MR) is 124 cm³/mol. The van der Waals surface area contributed by atoms with Crippen molar-refractivity contribution in [2.45, 2.75) is 51.6 Å². The van der Waals surface area contributed by atoms with E-state index in [0.717, 1.165) is 56.9 Å². The van der Waals surface area contributed by atoms with Gasteiger partial charge in [-0.25, -0.2) is 0 Å². The molecule has 2 heterocycles. The molecule has 1 N–H and O–H groups in total. The third kappa shape index (κ3) is 4.99. The topological polar surface area (TPSA) is 47.9 Å². The lowest BCUT2D eigenvalue weighted by molar-refractivity contribution is -0.128. The van der Waals surface area contributed by atoms with E-state index in [1.807, 2.05) is 11.9 Å². The van der Waals surface area contributed by atoms with Crippen molar-refractivity contribution in [3.8, 4) is 0 Å². The molecule has 0 aromatic heterocycles. The van der Waals surface area contributed by atoms with Gasteiger partial charge in [0.15, 0.2) is 5.96 Å². The summed E-state index contributed by atoms with van der Waals surface area (Å²) < 4.78 is 0. The number of rotatable bonds is 4. The Morgan fingerprint density at radius 2 is 1.71 bits per heavy atom. The van der Waals surface area contributed by atoms with E-state index in [9.17, 15) is 4.79 Å². The third-order valence-electron chi connectivity index (χ3n) is 6.51. The van der Waals surface area contributed by atoms with E-state index < -0.39 is 0 Å². The highest BCUT2D eigenvalue weighted by Gasteiger charge is 2.35. The molecule has 2 unspecified atom stereocenters. The number of halogens is 1. The maximum atomic E-state index is 11.8. The maximum absolute atomic E-state index is 11.8. The molecular formula is C22H33IN4O. The van der Waals surface area contributed by atoms with Crippen LogP contribution in [0.1, 0.15) is 49.7 Å². The molecule has 0 spiro atoms. The average Bonchev–Trinajstić information content (AvgIpc) is 3.30. The van der Waals surface area contributed by atoms with Gasteiger partial charge in [0, 0.05) is 46.2 Å². The number of carbonyl (C=O) groups is 1. The van der Waals surface area contributed by atoms with Crippen LogP contribution in [-0.4, -0.2) is 48.3 Å². The summed E-state index contributed by atoms with van der Waals surface area (Å²) in [6, 6.07) is 8.63. The van der Waals surface area contributed by atoms with E-state index >= 15 is 0 Å². The first-order chi connectivity index (χ1) is 13.2. The minimum atomic E-state index is 0. The highest BCUT2D eigenvalue weighted by atomic mass is 127. The first-order valence-electron chi connectivity index (χ1n) is 10.5. The molecule has 2 aliphatic heterocycles. The van der Waals surface area contributed by atoms with Gasteiger partial charge in [-0.2, -0.15) is 0 Å². The fraction of sp³-hybridized carbons (Fsp3) is 0.636. The number of nitrogens with zero attached hydrogens (tertiary/aromatic N) is 3. The predicted octanol–water partition coefficient (Wildman–Crippen LogP) is 3.62. The van der Waals surface area contributed by atoms with Crippen molar-refractivity contribution in [3.05, 3.63) is 35.4 Å². The molecule has 5 nitrogen and oxygen atoms in total. The lowest BCUT2D eigenvalue weighted by Crippen LogP contribution is -2.39. The maximum Gasteiger partial charge on any atom is 0.222 e. The van der Waals surface area contributed by atoms with E-state index in [1.54, 1.807) is 0 Å². The van der Waals surface area contributed by atoms with Crippen LogP contribution in [-0.2, 0) is 17.9 Å². The molecule has 1 aromatic carbocycles. The number of hydrogen-bond donors (Lipinski definition) is 1. The Bertz CT molecular complexity index is 676. The van der Waals surface area contributed by atoms with Crippen molar-refractivity contribution in [1.82, 2.24) is 15.1 Å². The van der Waals surface area contributed by atoms with Crippen molar-refractivity contribution in [3.63, 3.8) is 0 Å². The monoisotopic (exact) mass is 496 g/mol. The summed E-state index contributed by atoms with van der Waals surface area (Å²) in [5, 5.41) is 3.55. The quantitative estimate of drug-likeness (QED) is 0.394. The van der Waals surface area contributed by atoms with Gasteiger partial charge >= 0.3 is 0 Å². The zero-order valence-electron chi connectivity index (χ0n) is 16.9. The SMILES string of the molecule is CN=C(NCc1ccc(CN2CCCC2=O)cc1)N1CC2CCCCC2C1.I. The van der Waals surface area contributed by atoms with Gasteiger partial charge < -0.3 is 15.1 Å². The van der Waals surface area contributed by atoms with E-state index in [-0.39, 0.29) is 29.9 Å². The fourth-order valence-corrected chi connectivity index (χ4v) is 4.95. The summed E-state index contributed by atoms with van der Waals surface area (Å²) >= 11 is 0. The van der Waals surface area contributed by atoms with Crippen LogP contribution < -0.4 is 5.32 Å². The first-order valence-corrected chi connectivity index (χ1v) is 10.5. The largest absolute Gasteiger partial charge is 0.352 e. The lowest BCUT2D eigenvalue weighted by Gasteiger charge is -2.22. The van der Waals surface area contributed by atoms with Crippen LogP contribution in [0.25, 0.3) is 0 Å². The Morgan fingerprint density at radius 1 is 1.07 bits per heavy atom. The van der Waals surface area contributed by atoms with Crippen molar-refractivity contribution in [1.29, 1.82) is 0 Å². The van der Waals surface area contributed by atoms with Crippen molar-refractivity contribution < 1.29 is 4.79 Å². The summed E-state index contributed by atoms with van der Waals surface area (Å²) in [5.74, 6) is 3.06. The Hall–Kier alpha value is -1.31. The second kappa shape index (κ2) is 9.94. The molecule has 28 heavy (non-hydrogen) atoms. The molecule has 2 atom stereocenters. The van der Waals surface area contributed by atoms with Gasteiger partial charge in [-0.3, -0.25) is 9.79 Å². The Kier molecular flexibility index (Phi) is 7.60. The molecule has 1 amide bonds. The van der Waals surface area contributed by atoms with Crippen LogP contribution >= 0.6 is 24.0 Å². The van der Waals surface area contributed by atoms with Crippen LogP contribution in [0.15, 0.2) is 29.3 Å². The van der Waals surface area contributed by atoms with Crippen LogP contribution in [0.2, 0.25) is 0 Å². The van der Waals surface area contributed by atoms with E-state index in [4.69, 9.17) is 0 Å². The smallest absolute Gasteiger partial charge is 0.222 e. The van der Waals surface area contributed by atoms with Gasteiger partial charge in [0.1, 0.15) is 0 Å². The summed E-state index contributed by atoms with van der Waals surface area (Å²) in [6.45, 7) is 4.75. The third-order valence-corrected chi connectivity index (χ3v) is 6.51. The highest BCUT2D eigenvalue weighted by Crippen LogP contribution is 2.35. The minimum Gasteiger partial charge on any atom is -0.352 e. The number of guanidine groups is 1. The first kappa shape index (κ1) is 21.4. The second-order valence-electron chi connectivity index (χ2n) is 8.35. The van der Waals surface area contributed by atoms with Gasteiger partial charge in [-0.05, 0) is 42.2 Å². The van der Waals surface area contributed by atoms with Crippen LogP contribution in [0, 0.1) is 11.8 Å². The molecule has 3 fully saturated rings. The molecule has 6 heteroatoms. The van der Waals surface area contributed by atoms with Crippen molar-refractivity contribution >= 4 is 35.8 Å². The number of hydrogen-bond acceptors (Lipinski definition) is 2. The molecule has 1 aromatic rings. The second-order valence-corrected chi connectivity index (χ2v) is 8.35. The van der Waals surface area contributed by atoms with Crippen molar-refractivity contribution in [2.24, 2.45) is 16.8 Å². The van der Waals surface area contributed by atoms with E-state index in [1.165, 1.54) is 36.8 Å². The number of carbonyl (C=O) groups excluding carboxylic acids is 1. The number of fused-ring (bicyclic) bond motifs is 1. The van der Waals surface area contributed by atoms with Gasteiger partial charge in [-0.15, -0.1) is 24.0 Å². The normalized spacial score (nSPS) is 24.9. The molecule has 0 radical (unpaired) electrons. The molecular weight excluding hydrogens is 463 g/mol. The molecule has 1 aliphatic carbocycles. The van der Waals surface area contributed by atoms with Crippen LogP contribution in [0.5, 0.6) is 0 Å². The number of benzene rings is 1. The lowest BCUT2D eigenvalue weighted by atomic mass is 9.82. The Balaban J connectivity index is 0.00000225. The fourth-order valence-electron chi connectivity index (χ4n) is 4.95. The molecule has 154 valence electrons. The molecule has 0 bridgehead atoms. The van der Waals surface area contributed by atoms with Gasteiger partial charge in [0.25, 0.3) is 0 Å². The minimum absolute atomic E-state index is 0. The van der Waals surface area contributed by atoms with Gasteiger partial charge in [-0.1, -0.05) is 37.1 Å². The molecule has 1 saturated carbocycles. The van der Waals surface area contributed by atoms with Gasteiger partial charge in [0.2, 0.25) is 5.91 Å². The van der Waals surface area contributed by atoms with Crippen LogP contribution in [0.4, 0.5) is 0 Å². The van der Waals surface area contributed by atoms with E-state index in [0.29, 0.717) is 6.42 Å². The van der Waals surface area contributed by atoms with Crippen LogP contribution in [0.3, 0.4) is 0 Å². The summed E-state index contributed by atoms with van der Waals surface area (Å²) in [4.78, 5) is 20.7. The highest BCUT2D eigenvalue weighted by molar-refractivity contribution is 14.0. The zero-order valence-corrected chi connectivity index (χ0v) is 19.2. The molecule has 2 saturated heterocycles. The average molecular weight is 496 g/mol. The van der Waals surface area contributed by atoms with E-state index in [2.05, 4.69) is 39.5 Å². The number of amides is 1. The number of nitrogens with one attached hydrogen (secondary N) is 1.